The van der Waals surface area contributed by atoms with Crippen LogP contribution >= 0.6 is 7.60 Å². The molecule has 0 amide bonds. The van der Waals surface area contributed by atoms with E-state index in [1.807, 2.05) is 0 Å². The normalized spacial score (nSPS) is 12.5. The Morgan fingerprint density at radius 2 is 1.94 bits per heavy atom. The largest absolute Gasteiger partial charge is 0.416 e. The van der Waals surface area contributed by atoms with E-state index in [-0.39, 0.29) is 11.4 Å². The first-order valence-electron chi connectivity index (χ1n) is 4.35. The van der Waals surface area contributed by atoms with Gasteiger partial charge in [0.05, 0.1) is 16.9 Å². The van der Waals surface area contributed by atoms with E-state index in [9.17, 15) is 17.7 Å². The molecule has 0 aliphatic heterocycles. The molecule has 0 saturated heterocycles. The van der Waals surface area contributed by atoms with Crippen LogP contribution in [0.2, 0.25) is 0 Å². The van der Waals surface area contributed by atoms with Crippen LogP contribution in [0, 0.1) is 0 Å². The summed E-state index contributed by atoms with van der Waals surface area (Å²) >= 11 is 0. The highest BCUT2D eigenvalue weighted by Crippen LogP contribution is 2.36. The van der Waals surface area contributed by atoms with E-state index >= 15 is 0 Å². The Bertz CT molecular complexity index is 458. The molecule has 0 radical (unpaired) electrons. The fourth-order valence-corrected chi connectivity index (χ4v) is 1.46. The van der Waals surface area contributed by atoms with Crippen LogP contribution in [-0.4, -0.2) is 16.1 Å². The quantitative estimate of drug-likeness (QED) is 0.496. The highest BCUT2D eigenvalue weighted by molar-refractivity contribution is 7.51. The van der Waals surface area contributed by atoms with Crippen LogP contribution in [-0.2, 0) is 10.7 Å². The molecule has 0 fully saturated rings. The second-order valence-electron chi connectivity index (χ2n) is 3.30. The number of anilines is 2. The average Bonchev–Trinajstić information content (AvgIpc) is 2.12. The van der Waals surface area contributed by atoms with Gasteiger partial charge in [-0.3, -0.25) is 4.57 Å². The summed E-state index contributed by atoms with van der Waals surface area (Å²) in [6, 6.07) is 2.49. The van der Waals surface area contributed by atoms with Crippen molar-refractivity contribution < 1.29 is 27.5 Å². The number of nitrogens with two attached hydrogens (primary N) is 1. The summed E-state index contributed by atoms with van der Waals surface area (Å²) in [5, 5.41) is 2.28. The number of hydrogen-bond donors (Lipinski definition) is 4. The minimum Gasteiger partial charge on any atom is -0.397 e. The lowest BCUT2D eigenvalue weighted by Gasteiger charge is -2.12. The summed E-state index contributed by atoms with van der Waals surface area (Å²) in [7, 11) is -4.28. The summed E-state index contributed by atoms with van der Waals surface area (Å²) in [5.74, 6) is 0. The van der Waals surface area contributed by atoms with E-state index < -0.39 is 25.6 Å². The van der Waals surface area contributed by atoms with Gasteiger partial charge in [-0.05, 0) is 18.2 Å². The lowest BCUT2D eigenvalue weighted by Crippen LogP contribution is -2.08. The third kappa shape index (κ3) is 4.26. The lowest BCUT2D eigenvalue weighted by molar-refractivity contribution is -0.137. The third-order valence-corrected chi connectivity index (χ3v) is 2.42. The molecule has 0 aromatic heterocycles. The van der Waals surface area contributed by atoms with Gasteiger partial charge in [0.2, 0.25) is 0 Å². The van der Waals surface area contributed by atoms with E-state index in [1.54, 1.807) is 0 Å². The monoisotopic (exact) mass is 270 g/mol. The second-order valence-corrected chi connectivity index (χ2v) is 4.94. The zero-order valence-electron chi connectivity index (χ0n) is 8.40. The fraction of sp³-hybridized carbons (Fsp3) is 0.250. The summed E-state index contributed by atoms with van der Waals surface area (Å²) in [4.78, 5) is 17.2. The molecular weight excluding hydrogens is 260 g/mol. The predicted octanol–water partition coefficient (Wildman–Crippen LogP) is 1.83. The molecule has 1 rings (SSSR count). The maximum Gasteiger partial charge on any atom is 0.416 e. The van der Waals surface area contributed by atoms with Gasteiger partial charge in [-0.1, -0.05) is 0 Å². The molecule has 9 heteroatoms. The Morgan fingerprint density at radius 3 is 2.35 bits per heavy atom. The number of benzene rings is 1. The third-order valence-electron chi connectivity index (χ3n) is 1.85. The summed E-state index contributed by atoms with van der Waals surface area (Å²) in [6.07, 6.45) is -5.20. The molecule has 0 atom stereocenters. The van der Waals surface area contributed by atoms with Crippen molar-refractivity contribution in [3.05, 3.63) is 23.8 Å². The van der Waals surface area contributed by atoms with Crippen molar-refractivity contribution in [2.75, 3.05) is 17.3 Å². The number of halogens is 3. The van der Waals surface area contributed by atoms with Gasteiger partial charge < -0.3 is 20.8 Å². The molecule has 0 heterocycles. The standard InChI is InChI=1S/C8H10F3N2O3P/c9-8(10,11)5-1-2-7(6(12)3-5)13-4-17(14,15)16/h1-3,13H,4,12H2,(H2,14,15,16). The smallest absolute Gasteiger partial charge is 0.397 e. The van der Waals surface area contributed by atoms with Crippen LogP contribution in [0.25, 0.3) is 0 Å². The minimum atomic E-state index is -4.50. The molecule has 0 aliphatic carbocycles. The van der Waals surface area contributed by atoms with Gasteiger partial charge in [0.15, 0.2) is 0 Å². The Morgan fingerprint density at radius 1 is 1.35 bits per heavy atom. The maximum absolute atomic E-state index is 12.3. The van der Waals surface area contributed by atoms with Gasteiger partial charge in [0, 0.05) is 0 Å². The van der Waals surface area contributed by atoms with Gasteiger partial charge in [-0.15, -0.1) is 0 Å². The Hall–Kier alpha value is -1.24. The van der Waals surface area contributed by atoms with Crippen LogP contribution in [0.3, 0.4) is 0 Å². The van der Waals surface area contributed by atoms with Crippen molar-refractivity contribution in [3.8, 4) is 0 Å². The molecule has 5 N–H and O–H groups in total. The molecule has 0 unspecified atom stereocenters. The highest BCUT2D eigenvalue weighted by atomic mass is 31.2. The van der Waals surface area contributed by atoms with E-state index in [2.05, 4.69) is 5.32 Å². The molecule has 0 saturated carbocycles. The molecule has 17 heavy (non-hydrogen) atoms. The zero-order chi connectivity index (χ0) is 13.3. The first-order chi connectivity index (χ1) is 7.59. The Balaban J connectivity index is 2.88. The van der Waals surface area contributed by atoms with Crippen LogP contribution in [0.1, 0.15) is 5.56 Å². The van der Waals surface area contributed by atoms with Crippen LogP contribution in [0.15, 0.2) is 18.2 Å². The van der Waals surface area contributed by atoms with Crippen molar-refractivity contribution in [1.82, 2.24) is 0 Å². The van der Waals surface area contributed by atoms with Gasteiger partial charge >= 0.3 is 13.8 Å². The van der Waals surface area contributed by atoms with Crippen LogP contribution in [0.4, 0.5) is 24.5 Å². The topological polar surface area (TPSA) is 95.6 Å². The van der Waals surface area contributed by atoms with Gasteiger partial charge in [-0.25, -0.2) is 0 Å². The van der Waals surface area contributed by atoms with E-state index in [1.165, 1.54) is 0 Å². The van der Waals surface area contributed by atoms with Gasteiger partial charge in [-0.2, -0.15) is 13.2 Å². The predicted molar refractivity (Wildman–Crippen MR) is 56.4 cm³/mol. The summed E-state index contributed by atoms with van der Waals surface area (Å²) in [5.41, 5.74) is 4.23. The number of nitrogen functional groups attached to an aromatic ring is 1. The molecule has 1 aromatic carbocycles. The molecule has 0 bridgehead atoms. The van der Waals surface area contributed by atoms with Crippen molar-refractivity contribution in [2.45, 2.75) is 6.18 Å². The first kappa shape index (κ1) is 13.8. The summed E-state index contributed by atoms with van der Waals surface area (Å²) in [6.45, 7) is 0. The van der Waals surface area contributed by atoms with Gasteiger partial charge in [0.1, 0.15) is 6.29 Å². The second kappa shape index (κ2) is 4.56. The first-order valence-corrected chi connectivity index (χ1v) is 6.14. The van der Waals surface area contributed by atoms with E-state index in [0.29, 0.717) is 6.07 Å². The molecular formula is C8H10F3N2O3P. The molecule has 5 nitrogen and oxygen atoms in total. The van der Waals surface area contributed by atoms with Crippen molar-refractivity contribution >= 4 is 19.0 Å². The summed E-state index contributed by atoms with van der Waals surface area (Å²) < 4.78 is 47.4. The number of nitrogens with one attached hydrogen (secondary N) is 1. The molecule has 1 aromatic rings. The average molecular weight is 270 g/mol. The number of rotatable bonds is 3. The Kier molecular flexibility index (Phi) is 3.71. The van der Waals surface area contributed by atoms with Crippen molar-refractivity contribution in [3.63, 3.8) is 0 Å². The lowest BCUT2D eigenvalue weighted by atomic mass is 10.1. The molecule has 0 aliphatic rings. The number of hydrogen-bond acceptors (Lipinski definition) is 3. The molecule has 0 spiro atoms. The van der Waals surface area contributed by atoms with E-state index in [0.717, 1.165) is 12.1 Å². The van der Waals surface area contributed by atoms with E-state index in [4.69, 9.17) is 15.5 Å². The number of alkyl halides is 3. The Labute approximate surface area is 94.6 Å². The minimum absolute atomic E-state index is 0.0429. The van der Waals surface area contributed by atoms with Crippen LogP contribution in [0.5, 0.6) is 0 Å². The van der Waals surface area contributed by atoms with Crippen molar-refractivity contribution in [1.29, 1.82) is 0 Å². The van der Waals surface area contributed by atoms with Gasteiger partial charge in [0.25, 0.3) is 0 Å². The zero-order valence-corrected chi connectivity index (χ0v) is 9.29. The van der Waals surface area contributed by atoms with Crippen molar-refractivity contribution in [2.24, 2.45) is 0 Å². The SMILES string of the molecule is Nc1cc(C(F)(F)F)ccc1NCP(=O)(O)O. The fourth-order valence-electron chi connectivity index (χ4n) is 1.09. The van der Waals surface area contributed by atoms with Crippen LogP contribution < -0.4 is 11.1 Å². The maximum atomic E-state index is 12.3. The highest BCUT2D eigenvalue weighted by Gasteiger charge is 2.30. The molecule has 96 valence electrons.